The van der Waals surface area contributed by atoms with Gasteiger partial charge < -0.3 is 24.1 Å². The fourth-order valence-corrected chi connectivity index (χ4v) is 4.14. The van der Waals surface area contributed by atoms with Crippen molar-refractivity contribution in [3.63, 3.8) is 0 Å². The zero-order valence-electron chi connectivity index (χ0n) is 16.9. The van der Waals surface area contributed by atoms with E-state index in [0.717, 1.165) is 42.2 Å². The Labute approximate surface area is 171 Å². The van der Waals surface area contributed by atoms with E-state index in [2.05, 4.69) is 17.0 Å². The van der Waals surface area contributed by atoms with Gasteiger partial charge in [0.15, 0.2) is 11.5 Å². The lowest BCUT2D eigenvalue weighted by molar-refractivity contribution is 0.00722. The molecule has 2 aliphatic heterocycles. The van der Waals surface area contributed by atoms with Gasteiger partial charge in [-0.3, -0.25) is 4.90 Å². The third kappa shape index (κ3) is 4.83. The zero-order valence-corrected chi connectivity index (χ0v) is 16.9. The smallest absolute Gasteiger partial charge is 0.161 e. The van der Waals surface area contributed by atoms with Gasteiger partial charge in [-0.05, 0) is 43.1 Å². The minimum Gasteiger partial charge on any atom is -0.496 e. The number of β-amino-alcohol motifs (C(OH)–C–C–N with tert-alkyl or cyclic N) is 1. The van der Waals surface area contributed by atoms with Crippen LogP contribution in [0.1, 0.15) is 30.0 Å². The van der Waals surface area contributed by atoms with Gasteiger partial charge in [0.25, 0.3) is 0 Å². The highest BCUT2D eigenvalue weighted by molar-refractivity contribution is 5.44. The van der Waals surface area contributed by atoms with Crippen LogP contribution in [0.5, 0.6) is 17.2 Å². The Hall–Kier alpha value is -2.28. The van der Waals surface area contributed by atoms with E-state index in [-0.39, 0.29) is 6.04 Å². The van der Waals surface area contributed by atoms with E-state index in [1.54, 1.807) is 7.11 Å². The SMILES string of the molecule is COc1ccccc1COC[C@H](O)CN1CCC[C@H]1c1ccc2c(c1)OCCO2. The van der Waals surface area contributed by atoms with Gasteiger partial charge >= 0.3 is 0 Å². The first-order chi connectivity index (χ1) is 14.2. The Balaban J connectivity index is 1.31. The van der Waals surface area contributed by atoms with Crippen molar-refractivity contribution in [1.29, 1.82) is 0 Å². The Morgan fingerprint density at radius 2 is 1.97 bits per heavy atom. The van der Waals surface area contributed by atoms with Gasteiger partial charge in [0.1, 0.15) is 19.0 Å². The molecule has 0 amide bonds. The zero-order chi connectivity index (χ0) is 20.1. The number of nitrogens with zero attached hydrogens (tertiary/aromatic N) is 1. The average molecular weight is 399 g/mol. The molecule has 6 heteroatoms. The molecular formula is C23H29NO5. The quantitative estimate of drug-likeness (QED) is 0.736. The molecule has 0 radical (unpaired) electrons. The molecule has 1 N–H and O–H groups in total. The highest BCUT2D eigenvalue weighted by Crippen LogP contribution is 2.38. The molecule has 29 heavy (non-hydrogen) atoms. The van der Waals surface area contributed by atoms with Gasteiger partial charge in [-0.25, -0.2) is 0 Å². The van der Waals surface area contributed by atoms with Crippen LogP contribution in [0.25, 0.3) is 0 Å². The van der Waals surface area contributed by atoms with Gasteiger partial charge in [0.2, 0.25) is 0 Å². The van der Waals surface area contributed by atoms with Crippen LogP contribution in [0, 0.1) is 0 Å². The largest absolute Gasteiger partial charge is 0.496 e. The predicted molar refractivity (Wildman–Crippen MR) is 110 cm³/mol. The van der Waals surface area contributed by atoms with Crippen molar-refractivity contribution in [2.45, 2.75) is 31.6 Å². The maximum absolute atomic E-state index is 10.5. The molecule has 1 fully saturated rings. The summed E-state index contributed by atoms with van der Waals surface area (Å²) in [6.07, 6.45) is 1.66. The lowest BCUT2D eigenvalue weighted by Gasteiger charge is -2.28. The summed E-state index contributed by atoms with van der Waals surface area (Å²) in [5, 5.41) is 10.5. The maximum atomic E-state index is 10.5. The first kappa shape index (κ1) is 20.0. The van der Waals surface area contributed by atoms with Crippen molar-refractivity contribution in [3.8, 4) is 17.2 Å². The van der Waals surface area contributed by atoms with Crippen molar-refractivity contribution < 1.29 is 24.1 Å². The highest BCUT2D eigenvalue weighted by Gasteiger charge is 2.28. The molecule has 0 bridgehead atoms. The topological polar surface area (TPSA) is 60.4 Å². The fraction of sp³-hybridized carbons (Fsp3) is 0.478. The molecule has 156 valence electrons. The minimum atomic E-state index is -0.539. The molecule has 0 aliphatic carbocycles. The monoisotopic (exact) mass is 399 g/mol. The summed E-state index contributed by atoms with van der Waals surface area (Å²) < 4.78 is 22.5. The Bertz CT molecular complexity index is 812. The molecule has 4 rings (SSSR count). The molecule has 6 nitrogen and oxygen atoms in total. The van der Waals surface area contributed by atoms with Crippen LogP contribution in [-0.2, 0) is 11.3 Å². The van der Waals surface area contributed by atoms with Crippen LogP contribution in [0.2, 0.25) is 0 Å². The van der Waals surface area contributed by atoms with Gasteiger partial charge in [-0.1, -0.05) is 24.3 Å². The molecule has 2 aromatic carbocycles. The molecule has 2 heterocycles. The van der Waals surface area contributed by atoms with E-state index in [0.29, 0.717) is 33.0 Å². The third-order valence-corrected chi connectivity index (χ3v) is 5.52. The molecule has 0 saturated carbocycles. The third-order valence-electron chi connectivity index (χ3n) is 5.52. The molecular weight excluding hydrogens is 370 g/mol. The number of benzene rings is 2. The molecule has 2 aliphatic rings. The van der Waals surface area contributed by atoms with Gasteiger partial charge in [-0.2, -0.15) is 0 Å². The number of fused-ring (bicyclic) bond motifs is 1. The Morgan fingerprint density at radius 1 is 1.14 bits per heavy atom. The molecule has 0 aromatic heterocycles. The predicted octanol–water partition coefficient (Wildman–Crippen LogP) is 3.18. The number of aliphatic hydroxyl groups is 1. The number of aliphatic hydroxyl groups excluding tert-OH is 1. The van der Waals surface area contributed by atoms with Gasteiger partial charge in [0.05, 0.1) is 26.4 Å². The van der Waals surface area contributed by atoms with Crippen LogP contribution in [0.15, 0.2) is 42.5 Å². The Kier molecular flexibility index (Phi) is 6.54. The molecule has 0 spiro atoms. The van der Waals surface area contributed by atoms with Crippen molar-refractivity contribution in [2.24, 2.45) is 0 Å². The average Bonchev–Trinajstić information content (AvgIpc) is 3.21. The van der Waals surface area contributed by atoms with Crippen molar-refractivity contribution in [2.75, 3.05) is 40.0 Å². The van der Waals surface area contributed by atoms with Crippen molar-refractivity contribution in [1.82, 2.24) is 4.90 Å². The molecule has 0 unspecified atom stereocenters. The second-order valence-corrected chi connectivity index (χ2v) is 7.54. The number of methoxy groups -OCH3 is 1. The van der Waals surface area contributed by atoms with Crippen molar-refractivity contribution in [3.05, 3.63) is 53.6 Å². The van der Waals surface area contributed by atoms with E-state index >= 15 is 0 Å². The Morgan fingerprint density at radius 3 is 2.83 bits per heavy atom. The summed E-state index contributed by atoms with van der Waals surface area (Å²) in [4.78, 5) is 2.34. The van der Waals surface area contributed by atoms with Crippen LogP contribution < -0.4 is 14.2 Å². The summed E-state index contributed by atoms with van der Waals surface area (Å²) in [5.41, 5.74) is 2.20. The fourth-order valence-electron chi connectivity index (χ4n) is 4.14. The second-order valence-electron chi connectivity index (χ2n) is 7.54. The summed E-state index contributed by atoms with van der Waals surface area (Å²) in [5.74, 6) is 2.44. The summed E-state index contributed by atoms with van der Waals surface area (Å²) in [6.45, 7) is 3.47. The summed E-state index contributed by atoms with van der Waals surface area (Å²) >= 11 is 0. The second kappa shape index (κ2) is 9.48. The van der Waals surface area contributed by atoms with E-state index < -0.39 is 6.10 Å². The van der Waals surface area contributed by atoms with Crippen molar-refractivity contribution >= 4 is 0 Å². The summed E-state index contributed by atoms with van der Waals surface area (Å²) in [7, 11) is 1.65. The number of rotatable bonds is 8. The van der Waals surface area contributed by atoms with E-state index in [4.69, 9.17) is 18.9 Å². The van der Waals surface area contributed by atoms with Gasteiger partial charge in [-0.15, -0.1) is 0 Å². The molecule has 1 saturated heterocycles. The summed E-state index contributed by atoms with van der Waals surface area (Å²) in [6, 6.07) is 14.3. The van der Waals surface area contributed by atoms with Crippen LogP contribution >= 0.6 is 0 Å². The molecule has 2 atom stereocenters. The van der Waals surface area contributed by atoms with Crippen LogP contribution in [0.4, 0.5) is 0 Å². The van der Waals surface area contributed by atoms with E-state index in [1.807, 2.05) is 30.3 Å². The first-order valence-corrected chi connectivity index (χ1v) is 10.3. The maximum Gasteiger partial charge on any atom is 0.161 e. The normalized spacial score (nSPS) is 19.9. The lowest BCUT2D eigenvalue weighted by Crippen LogP contribution is -2.34. The first-order valence-electron chi connectivity index (χ1n) is 10.3. The molecule has 2 aromatic rings. The minimum absolute atomic E-state index is 0.287. The van der Waals surface area contributed by atoms with E-state index in [1.165, 1.54) is 5.56 Å². The van der Waals surface area contributed by atoms with Crippen LogP contribution in [0.3, 0.4) is 0 Å². The highest BCUT2D eigenvalue weighted by atomic mass is 16.6. The number of likely N-dealkylation sites (tertiary alicyclic amines) is 1. The number of ether oxygens (including phenoxy) is 4. The number of hydrogen-bond donors (Lipinski definition) is 1. The van der Waals surface area contributed by atoms with Gasteiger partial charge in [0, 0.05) is 18.2 Å². The lowest BCUT2D eigenvalue weighted by atomic mass is 10.0. The van der Waals surface area contributed by atoms with E-state index in [9.17, 15) is 5.11 Å². The number of para-hydroxylation sites is 1. The van der Waals surface area contributed by atoms with Crippen LogP contribution in [-0.4, -0.2) is 56.1 Å². The standard InChI is InChI=1S/C23H29NO5/c1-26-21-7-3-2-5-18(21)15-27-16-19(25)14-24-10-4-6-20(24)17-8-9-22-23(13-17)29-12-11-28-22/h2-3,5,7-9,13,19-20,25H,4,6,10-12,14-16H2,1H3/t19-,20+/m1/s1. The number of hydrogen-bond acceptors (Lipinski definition) is 6.